The second kappa shape index (κ2) is 7.65. The van der Waals surface area contributed by atoms with Crippen molar-refractivity contribution in [1.29, 1.82) is 0 Å². The van der Waals surface area contributed by atoms with E-state index in [9.17, 15) is 30.3 Å². The van der Waals surface area contributed by atoms with Crippen molar-refractivity contribution in [2.24, 2.45) is 4.99 Å². The highest BCUT2D eigenvalue weighted by atomic mass is 16.4. The van der Waals surface area contributed by atoms with Crippen LogP contribution in [0.25, 0.3) is 5.76 Å². The van der Waals surface area contributed by atoms with Gasteiger partial charge in [-0.3, -0.25) is 9.79 Å². The van der Waals surface area contributed by atoms with Crippen molar-refractivity contribution < 1.29 is 35.4 Å². The molecule has 0 bridgehead atoms. The van der Waals surface area contributed by atoms with Crippen LogP contribution in [0.15, 0.2) is 34.8 Å². The number of nitrogens with zero attached hydrogens (tertiary/aromatic N) is 1. The minimum absolute atomic E-state index is 0.0335. The molecule has 0 amide bonds. The third-order valence-electron chi connectivity index (χ3n) is 3.76. The number of rotatable bonds is 7. The molecule has 4 atom stereocenters. The molecular weight excluding hydrogens is 318 g/mol. The van der Waals surface area contributed by atoms with Gasteiger partial charge in [0, 0.05) is 17.3 Å². The van der Waals surface area contributed by atoms with E-state index in [1.807, 2.05) is 0 Å². The number of ketones is 1. The third kappa shape index (κ3) is 3.53. The number of carbonyl (C=O) groups excluding carboxylic acids is 1. The first-order valence-corrected chi connectivity index (χ1v) is 7.28. The summed E-state index contributed by atoms with van der Waals surface area (Å²) >= 11 is 0. The van der Waals surface area contributed by atoms with Crippen LogP contribution in [0, 0.1) is 0 Å². The first-order chi connectivity index (χ1) is 11.4. The van der Waals surface area contributed by atoms with Crippen LogP contribution in [0.1, 0.15) is 15.9 Å². The van der Waals surface area contributed by atoms with E-state index in [4.69, 9.17) is 5.11 Å². The van der Waals surface area contributed by atoms with Crippen LogP contribution in [0.5, 0.6) is 0 Å². The van der Waals surface area contributed by atoms with Gasteiger partial charge in [-0.1, -0.05) is 24.3 Å². The summed E-state index contributed by atoms with van der Waals surface area (Å²) in [5, 5.41) is 56.8. The van der Waals surface area contributed by atoms with Crippen molar-refractivity contribution in [3.63, 3.8) is 0 Å². The van der Waals surface area contributed by atoms with Crippen LogP contribution in [0.3, 0.4) is 0 Å². The monoisotopic (exact) mass is 337 g/mol. The number of hydrogen-bond acceptors (Lipinski definition) is 8. The highest BCUT2D eigenvalue weighted by molar-refractivity contribution is 6.30. The Kier molecular flexibility index (Phi) is 5.81. The summed E-state index contributed by atoms with van der Waals surface area (Å²) in [7, 11) is 0. The fraction of sp³-hybridized carbons (Fsp3) is 0.375. The van der Waals surface area contributed by atoms with Gasteiger partial charge in [-0.25, -0.2) is 0 Å². The van der Waals surface area contributed by atoms with Gasteiger partial charge in [-0.15, -0.1) is 0 Å². The lowest BCUT2D eigenvalue weighted by molar-refractivity contribution is -0.112. The molecule has 0 aromatic heterocycles. The van der Waals surface area contributed by atoms with Gasteiger partial charge in [0.05, 0.1) is 18.7 Å². The van der Waals surface area contributed by atoms with Crippen LogP contribution in [0.2, 0.25) is 0 Å². The molecule has 6 N–H and O–H groups in total. The Morgan fingerprint density at radius 3 is 2.17 bits per heavy atom. The number of aliphatic imine (C=N–C) groups is 1. The summed E-state index contributed by atoms with van der Waals surface area (Å²) < 4.78 is 0. The lowest BCUT2D eigenvalue weighted by atomic mass is 10.0. The van der Waals surface area contributed by atoms with E-state index in [2.05, 4.69) is 4.99 Å². The number of aliphatic hydroxyl groups is 6. The molecule has 130 valence electrons. The molecule has 8 nitrogen and oxygen atoms in total. The van der Waals surface area contributed by atoms with E-state index in [1.54, 1.807) is 24.3 Å². The second-order valence-corrected chi connectivity index (χ2v) is 5.43. The number of carbonyl (C=O) groups is 1. The summed E-state index contributed by atoms with van der Waals surface area (Å²) in [5.41, 5.74) is 0.707. The topological polar surface area (TPSA) is 151 Å². The lowest BCUT2D eigenvalue weighted by Gasteiger charge is -2.24. The Labute approximate surface area is 137 Å². The van der Waals surface area contributed by atoms with E-state index >= 15 is 0 Å². The molecular formula is C16H19NO7. The smallest absolute Gasteiger partial charge is 0.199 e. The average Bonchev–Trinajstić information content (AvgIpc) is 2.84. The number of aliphatic hydroxyl groups excluding tert-OH is 6. The maximum atomic E-state index is 12.1. The molecule has 1 aromatic rings. The SMILES string of the molecule is O=C1C(C=NC[C@@H](O)[C@@H](O)[C@H](O)[C@H](O)CO)=C(O)c2ccccc21. The van der Waals surface area contributed by atoms with E-state index < -0.39 is 36.8 Å². The quantitative estimate of drug-likeness (QED) is 0.337. The predicted molar refractivity (Wildman–Crippen MR) is 84.8 cm³/mol. The Morgan fingerprint density at radius 2 is 1.58 bits per heavy atom. The summed E-state index contributed by atoms with van der Waals surface area (Å²) in [4.78, 5) is 15.9. The van der Waals surface area contributed by atoms with Crippen LogP contribution >= 0.6 is 0 Å². The van der Waals surface area contributed by atoms with Gasteiger partial charge in [0.15, 0.2) is 5.78 Å². The Balaban J connectivity index is 2.02. The average molecular weight is 337 g/mol. The highest BCUT2D eigenvalue weighted by Gasteiger charge is 2.30. The molecule has 1 aliphatic carbocycles. The number of Topliss-reactive ketones (excluding diaryl/α,β-unsaturated/α-hetero) is 1. The zero-order valence-electron chi connectivity index (χ0n) is 12.6. The van der Waals surface area contributed by atoms with Crippen molar-refractivity contribution in [2.45, 2.75) is 24.4 Å². The van der Waals surface area contributed by atoms with Gasteiger partial charge in [-0.2, -0.15) is 0 Å². The first kappa shape index (κ1) is 18.2. The van der Waals surface area contributed by atoms with Crippen molar-refractivity contribution in [3.8, 4) is 0 Å². The van der Waals surface area contributed by atoms with E-state index in [-0.39, 0.29) is 17.9 Å². The summed E-state index contributed by atoms with van der Waals surface area (Å²) in [6, 6.07) is 6.50. The van der Waals surface area contributed by atoms with E-state index in [0.29, 0.717) is 11.1 Å². The maximum Gasteiger partial charge on any atom is 0.199 e. The zero-order valence-corrected chi connectivity index (χ0v) is 12.6. The predicted octanol–water partition coefficient (Wildman–Crippen LogP) is -1.34. The molecule has 8 heteroatoms. The van der Waals surface area contributed by atoms with Crippen molar-refractivity contribution in [1.82, 2.24) is 0 Å². The van der Waals surface area contributed by atoms with Crippen LogP contribution in [-0.4, -0.2) is 80.2 Å². The molecule has 0 radical (unpaired) electrons. The first-order valence-electron chi connectivity index (χ1n) is 7.28. The van der Waals surface area contributed by atoms with Crippen molar-refractivity contribution in [3.05, 3.63) is 41.0 Å². The Bertz CT molecular complexity index is 670. The highest BCUT2D eigenvalue weighted by Crippen LogP contribution is 2.29. The molecule has 2 rings (SSSR count). The lowest BCUT2D eigenvalue weighted by Crippen LogP contribution is -2.46. The summed E-state index contributed by atoms with van der Waals surface area (Å²) in [5.74, 6) is -0.622. The second-order valence-electron chi connectivity index (χ2n) is 5.43. The molecule has 0 fully saturated rings. The molecule has 24 heavy (non-hydrogen) atoms. The minimum Gasteiger partial charge on any atom is -0.506 e. The number of benzene rings is 1. The van der Waals surface area contributed by atoms with Crippen LogP contribution < -0.4 is 0 Å². The van der Waals surface area contributed by atoms with Crippen molar-refractivity contribution >= 4 is 17.8 Å². The number of hydrogen-bond donors (Lipinski definition) is 6. The molecule has 0 saturated heterocycles. The Hall–Kier alpha value is -2.10. The fourth-order valence-corrected chi connectivity index (χ4v) is 2.33. The third-order valence-corrected chi connectivity index (χ3v) is 3.76. The van der Waals surface area contributed by atoms with E-state index in [0.717, 1.165) is 6.21 Å². The fourth-order valence-electron chi connectivity index (χ4n) is 2.33. The standard InChI is InChI=1S/C16H19NO7/c18-7-12(20)16(24)15(23)11(19)6-17-5-10-13(21)8-3-1-2-4-9(8)14(10)22/h1-5,11-12,15-16,18-21,23-24H,6-7H2/t11-,12-,15-,16-/m1/s1. The van der Waals surface area contributed by atoms with E-state index in [1.165, 1.54) is 0 Å². The molecule has 0 saturated carbocycles. The largest absolute Gasteiger partial charge is 0.506 e. The zero-order chi connectivity index (χ0) is 17.9. The Morgan fingerprint density at radius 1 is 1.00 bits per heavy atom. The van der Waals surface area contributed by atoms with Gasteiger partial charge >= 0.3 is 0 Å². The molecule has 0 spiro atoms. The minimum atomic E-state index is -1.75. The molecule has 1 aliphatic rings. The number of allylic oxidation sites excluding steroid dienone is 1. The molecule has 0 heterocycles. The van der Waals surface area contributed by atoms with Gasteiger partial charge < -0.3 is 30.6 Å². The molecule has 0 aliphatic heterocycles. The maximum absolute atomic E-state index is 12.1. The number of fused-ring (bicyclic) bond motifs is 1. The van der Waals surface area contributed by atoms with Gasteiger partial charge in [0.1, 0.15) is 30.2 Å². The van der Waals surface area contributed by atoms with Crippen LogP contribution in [-0.2, 0) is 0 Å². The van der Waals surface area contributed by atoms with Gasteiger partial charge in [0.25, 0.3) is 0 Å². The molecule has 0 unspecified atom stereocenters. The van der Waals surface area contributed by atoms with Gasteiger partial charge in [-0.05, 0) is 0 Å². The molecule has 1 aromatic carbocycles. The van der Waals surface area contributed by atoms with Crippen LogP contribution in [0.4, 0.5) is 0 Å². The summed E-state index contributed by atoms with van der Waals surface area (Å²) in [6.45, 7) is -1.15. The van der Waals surface area contributed by atoms with Gasteiger partial charge in [0.2, 0.25) is 0 Å². The summed E-state index contributed by atoms with van der Waals surface area (Å²) in [6.07, 6.45) is -5.52. The van der Waals surface area contributed by atoms with Crippen molar-refractivity contribution in [2.75, 3.05) is 13.2 Å². The normalized spacial score (nSPS) is 19.5.